The van der Waals surface area contributed by atoms with Gasteiger partial charge in [-0.25, -0.2) is 0 Å². The molecular formula is C32H32O4. The van der Waals surface area contributed by atoms with Gasteiger partial charge in [0, 0.05) is 11.8 Å². The van der Waals surface area contributed by atoms with Gasteiger partial charge in [-0.2, -0.15) is 0 Å². The lowest BCUT2D eigenvalue weighted by Crippen LogP contribution is -2.28. The Morgan fingerprint density at radius 3 is 1.44 bits per heavy atom. The Kier molecular flexibility index (Phi) is 6.86. The van der Waals surface area contributed by atoms with Crippen LogP contribution in [0.1, 0.15) is 45.6 Å². The van der Waals surface area contributed by atoms with Crippen molar-refractivity contribution < 1.29 is 18.9 Å². The molecule has 4 aromatic rings. The van der Waals surface area contributed by atoms with Crippen LogP contribution in [0.2, 0.25) is 0 Å². The van der Waals surface area contributed by atoms with E-state index in [1.54, 1.807) is 28.4 Å². The number of hydrogen-bond acceptors (Lipinski definition) is 4. The molecule has 0 fully saturated rings. The SMILES string of the molecule is COc1ccc(C2Cc3ccc(OC)cc3C(c3ccc(OC)cc3)C2c2ccc(OC)cc2)cc1. The number of fused-ring (bicyclic) bond motifs is 1. The third kappa shape index (κ3) is 4.51. The highest BCUT2D eigenvalue weighted by molar-refractivity contribution is 5.52. The van der Waals surface area contributed by atoms with E-state index >= 15 is 0 Å². The molecule has 0 bridgehead atoms. The Labute approximate surface area is 213 Å². The Balaban J connectivity index is 1.72. The maximum atomic E-state index is 5.66. The minimum Gasteiger partial charge on any atom is -0.497 e. The van der Waals surface area contributed by atoms with Crippen molar-refractivity contribution in [3.8, 4) is 23.0 Å². The molecule has 0 saturated carbocycles. The molecule has 5 rings (SSSR count). The zero-order valence-corrected chi connectivity index (χ0v) is 21.2. The summed E-state index contributed by atoms with van der Waals surface area (Å²) in [5, 5.41) is 0. The van der Waals surface area contributed by atoms with Gasteiger partial charge in [0.2, 0.25) is 0 Å². The summed E-state index contributed by atoms with van der Waals surface area (Å²) in [4.78, 5) is 0. The molecule has 3 unspecified atom stereocenters. The Hall–Kier alpha value is -3.92. The van der Waals surface area contributed by atoms with Crippen LogP contribution in [-0.4, -0.2) is 28.4 Å². The largest absolute Gasteiger partial charge is 0.497 e. The lowest BCUT2D eigenvalue weighted by atomic mass is 9.62. The van der Waals surface area contributed by atoms with Crippen LogP contribution in [0.25, 0.3) is 0 Å². The minimum atomic E-state index is 0.134. The van der Waals surface area contributed by atoms with Crippen LogP contribution < -0.4 is 18.9 Å². The van der Waals surface area contributed by atoms with Crippen molar-refractivity contribution in [1.82, 2.24) is 0 Å². The average Bonchev–Trinajstić information content (AvgIpc) is 2.96. The van der Waals surface area contributed by atoms with E-state index in [4.69, 9.17) is 18.9 Å². The second-order valence-corrected chi connectivity index (χ2v) is 9.20. The van der Waals surface area contributed by atoms with Crippen molar-refractivity contribution in [2.24, 2.45) is 0 Å². The standard InChI is InChI=1S/C32H32O4/c1-33-25-12-5-21(6-13-25)29-19-24-11-18-28(36-4)20-30(24)32(23-9-16-27(35-3)17-10-23)31(29)22-7-14-26(34-2)15-8-22/h5-18,20,29,31-32H,19H2,1-4H3. The van der Waals surface area contributed by atoms with E-state index in [-0.39, 0.29) is 17.8 Å². The normalized spacial score (nSPS) is 18.7. The summed E-state index contributed by atoms with van der Waals surface area (Å²) in [5.41, 5.74) is 6.50. The highest BCUT2D eigenvalue weighted by atomic mass is 16.5. The Bertz CT molecular complexity index is 1290. The first-order valence-electron chi connectivity index (χ1n) is 12.2. The van der Waals surface area contributed by atoms with E-state index < -0.39 is 0 Å². The molecule has 36 heavy (non-hydrogen) atoms. The lowest BCUT2D eigenvalue weighted by molar-refractivity contribution is 0.406. The first kappa shape index (κ1) is 23.8. The van der Waals surface area contributed by atoms with Crippen LogP contribution in [0.3, 0.4) is 0 Å². The summed E-state index contributed by atoms with van der Waals surface area (Å²) in [5.74, 6) is 4.08. The fourth-order valence-corrected chi connectivity index (χ4v) is 5.59. The molecule has 1 aliphatic carbocycles. The molecule has 0 radical (unpaired) electrons. The zero-order chi connectivity index (χ0) is 25.1. The van der Waals surface area contributed by atoms with Crippen molar-refractivity contribution in [2.45, 2.75) is 24.2 Å². The molecule has 3 atom stereocenters. The highest BCUT2D eigenvalue weighted by Gasteiger charge is 2.39. The van der Waals surface area contributed by atoms with E-state index in [9.17, 15) is 0 Å². The van der Waals surface area contributed by atoms with Crippen molar-refractivity contribution in [2.75, 3.05) is 28.4 Å². The van der Waals surface area contributed by atoms with Gasteiger partial charge < -0.3 is 18.9 Å². The van der Waals surface area contributed by atoms with Gasteiger partial charge in [0.25, 0.3) is 0 Å². The molecule has 4 heteroatoms. The molecule has 4 aromatic carbocycles. The van der Waals surface area contributed by atoms with Gasteiger partial charge in [0.15, 0.2) is 0 Å². The van der Waals surface area contributed by atoms with Gasteiger partial charge in [-0.05, 0) is 88.7 Å². The molecule has 0 N–H and O–H groups in total. The third-order valence-electron chi connectivity index (χ3n) is 7.44. The summed E-state index contributed by atoms with van der Waals surface area (Å²) >= 11 is 0. The fourth-order valence-electron chi connectivity index (χ4n) is 5.59. The maximum absolute atomic E-state index is 5.66. The Morgan fingerprint density at radius 2 is 0.944 bits per heavy atom. The zero-order valence-electron chi connectivity index (χ0n) is 21.2. The van der Waals surface area contributed by atoms with Gasteiger partial charge in [0.05, 0.1) is 28.4 Å². The van der Waals surface area contributed by atoms with Crippen LogP contribution in [-0.2, 0) is 6.42 Å². The van der Waals surface area contributed by atoms with Crippen LogP contribution in [0.15, 0.2) is 91.0 Å². The van der Waals surface area contributed by atoms with E-state index in [2.05, 4.69) is 91.0 Å². The first-order chi connectivity index (χ1) is 17.6. The fraction of sp³-hybridized carbons (Fsp3) is 0.250. The van der Waals surface area contributed by atoms with Gasteiger partial charge >= 0.3 is 0 Å². The molecule has 4 nitrogen and oxygen atoms in total. The molecule has 0 saturated heterocycles. The van der Waals surface area contributed by atoms with Crippen LogP contribution in [0.5, 0.6) is 23.0 Å². The van der Waals surface area contributed by atoms with Crippen LogP contribution in [0, 0.1) is 0 Å². The highest BCUT2D eigenvalue weighted by Crippen LogP contribution is 2.53. The average molecular weight is 481 g/mol. The predicted molar refractivity (Wildman–Crippen MR) is 143 cm³/mol. The quantitative estimate of drug-likeness (QED) is 0.286. The van der Waals surface area contributed by atoms with Crippen LogP contribution >= 0.6 is 0 Å². The predicted octanol–water partition coefficient (Wildman–Crippen LogP) is 6.98. The van der Waals surface area contributed by atoms with Gasteiger partial charge in [-0.15, -0.1) is 0 Å². The molecule has 184 valence electrons. The maximum Gasteiger partial charge on any atom is 0.119 e. The van der Waals surface area contributed by atoms with Gasteiger partial charge in [-0.3, -0.25) is 0 Å². The van der Waals surface area contributed by atoms with Crippen LogP contribution in [0.4, 0.5) is 0 Å². The summed E-state index contributed by atoms with van der Waals surface area (Å²) in [6.45, 7) is 0. The summed E-state index contributed by atoms with van der Waals surface area (Å²) in [7, 11) is 6.85. The molecule has 0 heterocycles. The summed E-state index contributed by atoms with van der Waals surface area (Å²) in [6, 6.07) is 32.1. The first-order valence-corrected chi connectivity index (χ1v) is 12.2. The smallest absolute Gasteiger partial charge is 0.119 e. The molecule has 0 aliphatic heterocycles. The lowest BCUT2D eigenvalue weighted by Gasteiger charge is -2.41. The number of hydrogen-bond donors (Lipinski definition) is 0. The Morgan fingerprint density at radius 1 is 0.500 bits per heavy atom. The molecule has 0 aromatic heterocycles. The summed E-state index contributed by atoms with van der Waals surface area (Å²) < 4.78 is 22.0. The van der Waals surface area contributed by atoms with Gasteiger partial charge in [0.1, 0.15) is 23.0 Å². The number of rotatable bonds is 7. The van der Waals surface area contributed by atoms with Crippen molar-refractivity contribution in [1.29, 1.82) is 0 Å². The third-order valence-corrected chi connectivity index (χ3v) is 7.44. The topological polar surface area (TPSA) is 36.9 Å². The van der Waals surface area contributed by atoms with Gasteiger partial charge in [-0.1, -0.05) is 42.5 Å². The molecule has 0 spiro atoms. The molecular weight excluding hydrogens is 448 g/mol. The van der Waals surface area contributed by atoms with Crippen molar-refractivity contribution >= 4 is 0 Å². The number of ether oxygens (including phenoxy) is 4. The second kappa shape index (κ2) is 10.4. The van der Waals surface area contributed by atoms with Crippen molar-refractivity contribution in [3.63, 3.8) is 0 Å². The second-order valence-electron chi connectivity index (χ2n) is 9.20. The van der Waals surface area contributed by atoms with E-state index in [1.165, 1.54) is 27.8 Å². The minimum absolute atomic E-state index is 0.134. The van der Waals surface area contributed by atoms with E-state index in [1.807, 2.05) is 0 Å². The van der Waals surface area contributed by atoms with E-state index in [0.717, 1.165) is 29.4 Å². The number of methoxy groups -OCH3 is 4. The monoisotopic (exact) mass is 480 g/mol. The van der Waals surface area contributed by atoms with E-state index in [0.29, 0.717) is 0 Å². The van der Waals surface area contributed by atoms with Crippen molar-refractivity contribution in [3.05, 3.63) is 119 Å². The molecule has 1 aliphatic rings. The number of benzene rings is 4. The molecule has 0 amide bonds. The summed E-state index contributed by atoms with van der Waals surface area (Å²) in [6.07, 6.45) is 0.939.